The second-order valence-electron chi connectivity index (χ2n) is 6.28. The van der Waals surface area contributed by atoms with Crippen LogP contribution in [0.4, 0.5) is 0 Å². The molecule has 2 rings (SSSR count). The van der Waals surface area contributed by atoms with Crippen LogP contribution in [0, 0.1) is 5.92 Å². The largest absolute Gasteiger partial charge is 0.336 e. The van der Waals surface area contributed by atoms with Crippen molar-refractivity contribution in [2.24, 2.45) is 5.92 Å². The van der Waals surface area contributed by atoms with Crippen molar-refractivity contribution in [2.75, 3.05) is 6.54 Å². The molecule has 0 bridgehead atoms. The fraction of sp³-hybridized carbons (Fsp3) is 0.588. The van der Waals surface area contributed by atoms with Crippen LogP contribution in [0.5, 0.6) is 0 Å². The molecule has 1 fully saturated rings. The third-order valence-electron chi connectivity index (χ3n) is 4.16. The number of amides is 1. The highest BCUT2D eigenvalue weighted by Crippen LogP contribution is 2.28. The van der Waals surface area contributed by atoms with E-state index in [1.807, 2.05) is 18.2 Å². The second kappa shape index (κ2) is 7.68. The Labute approximate surface area is 141 Å². The van der Waals surface area contributed by atoms with Crippen LogP contribution in [0.3, 0.4) is 0 Å². The molecular weight excluding hydrogens is 346 g/mol. The normalized spacial score (nSPS) is 15.7. The Hall–Kier alpha value is -0.480. The summed E-state index contributed by atoms with van der Waals surface area (Å²) in [7, 11) is 0. The summed E-state index contributed by atoms with van der Waals surface area (Å²) >= 11 is 7.90. The van der Waals surface area contributed by atoms with Crippen LogP contribution < -0.4 is 0 Å². The summed E-state index contributed by atoms with van der Waals surface area (Å²) in [5.41, 5.74) is 0.720. The van der Waals surface area contributed by atoms with E-state index < -0.39 is 0 Å². The second-order valence-corrected chi connectivity index (χ2v) is 7.68. The third-order valence-corrected chi connectivity index (χ3v) is 5.03. The molecule has 1 aromatic carbocycles. The van der Waals surface area contributed by atoms with E-state index in [9.17, 15) is 4.79 Å². The standard InChI is InChI=1S/C17H24BrNOS/c1-12(2)9-10-19(14-5-3-4-6-14)17(20)15-8-7-13(18)11-16(15)21/h7-8,11-12,14,21H,3-6,9-10H2,1-2H3. The number of carbonyl (C=O) groups excluding carboxylic acids is 1. The quantitative estimate of drug-likeness (QED) is 0.709. The molecule has 1 aromatic rings. The molecule has 0 unspecified atom stereocenters. The minimum absolute atomic E-state index is 0.139. The molecule has 0 radical (unpaired) electrons. The minimum Gasteiger partial charge on any atom is -0.336 e. The van der Waals surface area contributed by atoms with Crippen molar-refractivity contribution in [1.29, 1.82) is 0 Å². The Morgan fingerprint density at radius 3 is 2.62 bits per heavy atom. The van der Waals surface area contributed by atoms with E-state index in [2.05, 4.69) is 47.3 Å². The summed E-state index contributed by atoms with van der Waals surface area (Å²) < 4.78 is 0.957. The van der Waals surface area contributed by atoms with Crippen molar-refractivity contribution in [3.05, 3.63) is 28.2 Å². The van der Waals surface area contributed by atoms with Gasteiger partial charge in [0.25, 0.3) is 5.91 Å². The minimum atomic E-state index is 0.139. The van der Waals surface area contributed by atoms with E-state index in [1.54, 1.807) is 0 Å². The Kier molecular flexibility index (Phi) is 6.18. The third kappa shape index (κ3) is 4.49. The van der Waals surface area contributed by atoms with Gasteiger partial charge in [0, 0.05) is 22.0 Å². The summed E-state index contributed by atoms with van der Waals surface area (Å²) in [5.74, 6) is 0.752. The van der Waals surface area contributed by atoms with E-state index in [-0.39, 0.29) is 5.91 Å². The van der Waals surface area contributed by atoms with Gasteiger partial charge in [0.15, 0.2) is 0 Å². The lowest BCUT2D eigenvalue weighted by atomic mass is 10.1. The van der Waals surface area contributed by atoms with Gasteiger partial charge in [-0.05, 0) is 43.4 Å². The van der Waals surface area contributed by atoms with Gasteiger partial charge in [-0.15, -0.1) is 12.6 Å². The average molecular weight is 370 g/mol. The molecule has 21 heavy (non-hydrogen) atoms. The molecule has 0 aliphatic heterocycles. The summed E-state index contributed by atoms with van der Waals surface area (Å²) in [6, 6.07) is 6.10. The molecule has 0 aromatic heterocycles. The summed E-state index contributed by atoms with van der Waals surface area (Å²) in [4.78, 5) is 15.8. The zero-order valence-electron chi connectivity index (χ0n) is 12.8. The van der Waals surface area contributed by atoms with Crippen molar-refractivity contribution in [3.63, 3.8) is 0 Å². The average Bonchev–Trinajstić information content (AvgIpc) is 2.92. The highest BCUT2D eigenvalue weighted by Gasteiger charge is 2.28. The first-order valence-electron chi connectivity index (χ1n) is 7.78. The van der Waals surface area contributed by atoms with E-state index in [0.717, 1.165) is 40.7 Å². The van der Waals surface area contributed by atoms with Crippen LogP contribution in [-0.4, -0.2) is 23.4 Å². The first kappa shape index (κ1) is 16.9. The number of rotatable bonds is 5. The van der Waals surface area contributed by atoms with Gasteiger partial charge in [0.2, 0.25) is 0 Å². The number of halogens is 1. The summed E-state index contributed by atoms with van der Waals surface area (Å²) in [6.45, 7) is 5.27. The molecule has 116 valence electrons. The predicted molar refractivity (Wildman–Crippen MR) is 94.1 cm³/mol. The number of nitrogens with zero attached hydrogens (tertiary/aromatic N) is 1. The van der Waals surface area contributed by atoms with E-state index >= 15 is 0 Å². The Morgan fingerprint density at radius 1 is 1.38 bits per heavy atom. The van der Waals surface area contributed by atoms with Crippen molar-refractivity contribution in [1.82, 2.24) is 4.90 Å². The molecule has 1 aliphatic rings. The van der Waals surface area contributed by atoms with E-state index in [0.29, 0.717) is 12.0 Å². The lowest BCUT2D eigenvalue weighted by molar-refractivity contribution is 0.0668. The van der Waals surface area contributed by atoms with Crippen molar-refractivity contribution >= 4 is 34.5 Å². The first-order valence-corrected chi connectivity index (χ1v) is 9.02. The molecular formula is C17H24BrNOS. The SMILES string of the molecule is CC(C)CCN(C(=O)c1ccc(Br)cc1S)C1CCCC1. The molecule has 0 N–H and O–H groups in total. The summed E-state index contributed by atoms with van der Waals surface area (Å²) in [6.07, 6.45) is 5.82. The molecule has 0 atom stereocenters. The maximum atomic E-state index is 12.9. The monoisotopic (exact) mass is 369 g/mol. The lowest BCUT2D eigenvalue weighted by Gasteiger charge is -2.30. The zero-order valence-corrected chi connectivity index (χ0v) is 15.3. The molecule has 0 heterocycles. The predicted octanol–water partition coefficient (Wildman–Crippen LogP) is 5.17. The van der Waals surface area contributed by atoms with E-state index in [1.165, 1.54) is 12.8 Å². The highest BCUT2D eigenvalue weighted by molar-refractivity contribution is 9.10. The van der Waals surface area contributed by atoms with Gasteiger partial charge < -0.3 is 4.90 Å². The molecule has 1 aliphatic carbocycles. The summed E-state index contributed by atoms with van der Waals surface area (Å²) in [5, 5.41) is 0. The Bertz CT molecular complexity index is 498. The number of hydrogen-bond acceptors (Lipinski definition) is 2. The van der Waals surface area contributed by atoms with Gasteiger partial charge in [-0.25, -0.2) is 0 Å². The highest BCUT2D eigenvalue weighted by atomic mass is 79.9. The fourth-order valence-corrected chi connectivity index (χ4v) is 3.75. The van der Waals surface area contributed by atoms with Gasteiger partial charge in [0.1, 0.15) is 0 Å². The van der Waals surface area contributed by atoms with Crippen LogP contribution in [0.25, 0.3) is 0 Å². The van der Waals surface area contributed by atoms with Crippen molar-refractivity contribution < 1.29 is 4.79 Å². The van der Waals surface area contributed by atoms with Crippen LogP contribution >= 0.6 is 28.6 Å². The molecule has 0 spiro atoms. The maximum Gasteiger partial charge on any atom is 0.255 e. The molecule has 1 amide bonds. The van der Waals surface area contributed by atoms with Crippen LogP contribution in [0.1, 0.15) is 56.3 Å². The Balaban J connectivity index is 2.19. The first-order chi connectivity index (χ1) is 9.99. The number of hydrogen-bond donors (Lipinski definition) is 1. The molecule has 0 saturated heterocycles. The smallest absolute Gasteiger partial charge is 0.255 e. The molecule has 4 heteroatoms. The molecule has 2 nitrogen and oxygen atoms in total. The Morgan fingerprint density at radius 2 is 2.05 bits per heavy atom. The van der Waals surface area contributed by atoms with Gasteiger partial charge >= 0.3 is 0 Å². The fourth-order valence-electron chi connectivity index (χ4n) is 2.90. The van der Waals surface area contributed by atoms with Crippen molar-refractivity contribution in [2.45, 2.75) is 56.9 Å². The number of benzene rings is 1. The van der Waals surface area contributed by atoms with Gasteiger partial charge in [-0.1, -0.05) is 42.6 Å². The van der Waals surface area contributed by atoms with Gasteiger partial charge in [0.05, 0.1) is 5.56 Å². The van der Waals surface area contributed by atoms with Crippen LogP contribution in [0.2, 0.25) is 0 Å². The van der Waals surface area contributed by atoms with Crippen LogP contribution in [-0.2, 0) is 0 Å². The van der Waals surface area contributed by atoms with Crippen LogP contribution in [0.15, 0.2) is 27.6 Å². The van der Waals surface area contributed by atoms with Gasteiger partial charge in [-0.2, -0.15) is 0 Å². The maximum absolute atomic E-state index is 12.9. The number of thiol groups is 1. The zero-order chi connectivity index (χ0) is 15.4. The lowest BCUT2D eigenvalue weighted by Crippen LogP contribution is -2.40. The van der Waals surface area contributed by atoms with Gasteiger partial charge in [-0.3, -0.25) is 4.79 Å². The number of carbonyl (C=O) groups is 1. The van der Waals surface area contributed by atoms with E-state index in [4.69, 9.17) is 0 Å². The molecule has 1 saturated carbocycles. The van der Waals surface area contributed by atoms with Crippen molar-refractivity contribution in [3.8, 4) is 0 Å². The topological polar surface area (TPSA) is 20.3 Å².